The Labute approximate surface area is 113 Å². The van der Waals surface area contributed by atoms with Gasteiger partial charge in [0.15, 0.2) is 0 Å². The van der Waals surface area contributed by atoms with Crippen LogP contribution in [0.1, 0.15) is 36.8 Å². The molecule has 2 aliphatic rings. The zero-order valence-electron chi connectivity index (χ0n) is 10.6. The van der Waals surface area contributed by atoms with E-state index in [9.17, 15) is 17.6 Å². The SMILES string of the molecule is Fc1ccc(C2=NOC3CCCCC23)cc1C(F)(F)F. The van der Waals surface area contributed by atoms with Gasteiger partial charge in [0.1, 0.15) is 11.9 Å². The van der Waals surface area contributed by atoms with Crippen LogP contribution in [0.5, 0.6) is 0 Å². The monoisotopic (exact) mass is 287 g/mol. The fraction of sp³-hybridized carbons (Fsp3) is 0.500. The van der Waals surface area contributed by atoms with Crippen LogP contribution < -0.4 is 0 Å². The Morgan fingerprint density at radius 1 is 1.15 bits per heavy atom. The highest BCUT2D eigenvalue weighted by Crippen LogP contribution is 2.37. The number of alkyl halides is 3. The molecule has 0 aromatic heterocycles. The summed E-state index contributed by atoms with van der Waals surface area (Å²) in [5, 5.41) is 3.93. The van der Waals surface area contributed by atoms with Gasteiger partial charge >= 0.3 is 6.18 Å². The molecule has 1 aliphatic heterocycles. The van der Waals surface area contributed by atoms with Crippen LogP contribution in [0.4, 0.5) is 17.6 Å². The van der Waals surface area contributed by atoms with E-state index in [4.69, 9.17) is 4.84 Å². The Balaban J connectivity index is 1.95. The van der Waals surface area contributed by atoms with Crippen molar-refractivity contribution < 1.29 is 22.4 Å². The molecule has 1 heterocycles. The van der Waals surface area contributed by atoms with Crippen LogP contribution in [0.15, 0.2) is 23.4 Å². The van der Waals surface area contributed by atoms with Gasteiger partial charge in [-0.1, -0.05) is 17.6 Å². The Kier molecular flexibility index (Phi) is 3.18. The molecule has 1 aromatic carbocycles. The summed E-state index contributed by atoms with van der Waals surface area (Å²) in [5.74, 6) is -1.24. The van der Waals surface area contributed by atoms with E-state index in [-0.39, 0.29) is 12.0 Å². The molecule has 0 amide bonds. The van der Waals surface area contributed by atoms with Crippen molar-refractivity contribution >= 4 is 5.71 Å². The van der Waals surface area contributed by atoms with E-state index in [1.165, 1.54) is 6.07 Å². The van der Waals surface area contributed by atoms with Gasteiger partial charge in [0.05, 0.1) is 11.3 Å². The second kappa shape index (κ2) is 4.75. The van der Waals surface area contributed by atoms with Crippen molar-refractivity contribution in [1.29, 1.82) is 0 Å². The number of benzene rings is 1. The minimum Gasteiger partial charge on any atom is -0.392 e. The maximum Gasteiger partial charge on any atom is 0.419 e. The summed E-state index contributed by atoms with van der Waals surface area (Å²) in [6.07, 6.45) is -0.977. The highest BCUT2D eigenvalue weighted by Gasteiger charge is 2.39. The fourth-order valence-corrected chi connectivity index (χ4v) is 2.90. The minimum atomic E-state index is -4.70. The molecule has 2 atom stereocenters. The maximum atomic E-state index is 13.3. The summed E-state index contributed by atoms with van der Waals surface area (Å²) in [4.78, 5) is 5.29. The molecule has 0 bridgehead atoms. The Morgan fingerprint density at radius 2 is 1.90 bits per heavy atom. The summed E-state index contributed by atoms with van der Waals surface area (Å²) < 4.78 is 51.5. The molecule has 108 valence electrons. The number of oxime groups is 1. The number of fused-ring (bicyclic) bond motifs is 1. The van der Waals surface area contributed by atoms with Crippen LogP contribution in [0.25, 0.3) is 0 Å². The number of halogens is 4. The quantitative estimate of drug-likeness (QED) is 0.711. The average molecular weight is 287 g/mol. The molecular formula is C14H13F4NO. The van der Waals surface area contributed by atoms with Crippen LogP contribution in [0.3, 0.4) is 0 Å². The molecule has 0 saturated heterocycles. The lowest BCUT2D eigenvalue weighted by Crippen LogP contribution is -2.27. The molecule has 1 fully saturated rings. The van der Waals surface area contributed by atoms with Gasteiger partial charge in [0.25, 0.3) is 0 Å². The number of hydrogen-bond donors (Lipinski definition) is 0. The number of rotatable bonds is 1. The van der Waals surface area contributed by atoms with Gasteiger partial charge in [-0.3, -0.25) is 0 Å². The third kappa shape index (κ3) is 2.27. The van der Waals surface area contributed by atoms with Gasteiger partial charge in [-0.05, 0) is 31.4 Å². The molecule has 0 radical (unpaired) electrons. The van der Waals surface area contributed by atoms with E-state index in [2.05, 4.69) is 5.16 Å². The number of nitrogens with zero attached hydrogens (tertiary/aromatic N) is 1. The third-order valence-corrected chi connectivity index (χ3v) is 3.91. The van der Waals surface area contributed by atoms with E-state index in [1.54, 1.807) is 0 Å². The van der Waals surface area contributed by atoms with Gasteiger partial charge in [-0.15, -0.1) is 0 Å². The molecule has 1 saturated carbocycles. The van der Waals surface area contributed by atoms with Gasteiger partial charge in [0, 0.05) is 11.5 Å². The first-order valence-electron chi connectivity index (χ1n) is 6.57. The normalized spacial score (nSPS) is 25.9. The molecule has 20 heavy (non-hydrogen) atoms. The van der Waals surface area contributed by atoms with Crippen LogP contribution in [-0.2, 0) is 11.0 Å². The van der Waals surface area contributed by atoms with Crippen molar-refractivity contribution in [1.82, 2.24) is 0 Å². The first-order valence-corrected chi connectivity index (χ1v) is 6.57. The van der Waals surface area contributed by atoms with E-state index in [0.29, 0.717) is 11.3 Å². The van der Waals surface area contributed by atoms with Crippen LogP contribution in [0.2, 0.25) is 0 Å². The van der Waals surface area contributed by atoms with Crippen LogP contribution in [-0.4, -0.2) is 11.8 Å². The van der Waals surface area contributed by atoms with E-state index < -0.39 is 17.6 Å². The molecule has 2 nitrogen and oxygen atoms in total. The van der Waals surface area contributed by atoms with Crippen molar-refractivity contribution in [3.8, 4) is 0 Å². The lowest BCUT2D eigenvalue weighted by Gasteiger charge is -2.23. The Bertz CT molecular complexity index is 553. The maximum absolute atomic E-state index is 13.3. The van der Waals surface area contributed by atoms with Crippen LogP contribution >= 0.6 is 0 Å². The fourth-order valence-electron chi connectivity index (χ4n) is 2.90. The first kappa shape index (κ1) is 13.4. The predicted molar refractivity (Wildman–Crippen MR) is 64.8 cm³/mol. The third-order valence-electron chi connectivity index (χ3n) is 3.91. The lowest BCUT2D eigenvalue weighted by atomic mass is 9.81. The van der Waals surface area contributed by atoms with E-state index in [0.717, 1.165) is 37.8 Å². The highest BCUT2D eigenvalue weighted by molar-refractivity contribution is 6.03. The number of hydrogen-bond acceptors (Lipinski definition) is 2. The summed E-state index contributed by atoms with van der Waals surface area (Å²) >= 11 is 0. The average Bonchev–Trinajstić information content (AvgIpc) is 2.82. The van der Waals surface area contributed by atoms with Crippen molar-refractivity contribution in [3.63, 3.8) is 0 Å². The minimum absolute atomic E-state index is 0.0234. The van der Waals surface area contributed by atoms with E-state index in [1.807, 2.05) is 0 Å². The molecule has 1 aliphatic carbocycles. The predicted octanol–water partition coefficient (Wildman–Crippen LogP) is 4.14. The van der Waals surface area contributed by atoms with E-state index >= 15 is 0 Å². The second-order valence-corrected chi connectivity index (χ2v) is 5.20. The molecule has 0 spiro atoms. The Hall–Kier alpha value is -1.59. The summed E-state index contributed by atoms with van der Waals surface area (Å²) in [6, 6.07) is 3.01. The standard InChI is InChI=1S/C14H13F4NO/c15-11-6-5-8(7-10(11)14(16,17)18)13-9-3-1-2-4-12(9)20-19-13/h5-7,9,12H,1-4H2. The lowest BCUT2D eigenvalue weighted by molar-refractivity contribution is -0.140. The largest absolute Gasteiger partial charge is 0.419 e. The zero-order valence-corrected chi connectivity index (χ0v) is 10.6. The zero-order chi connectivity index (χ0) is 14.3. The van der Waals surface area contributed by atoms with Crippen molar-refractivity contribution in [3.05, 3.63) is 35.1 Å². The second-order valence-electron chi connectivity index (χ2n) is 5.20. The summed E-state index contributed by atoms with van der Waals surface area (Å²) in [6.45, 7) is 0. The van der Waals surface area contributed by atoms with Gasteiger partial charge in [-0.2, -0.15) is 13.2 Å². The smallest absolute Gasteiger partial charge is 0.392 e. The van der Waals surface area contributed by atoms with Crippen LogP contribution in [0, 0.1) is 11.7 Å². The van der Waals surface area contributed by atoms with Crippen molar-refractivity contribution in [2.24, 2.45) is 11.1 Å². The van der Waals surface area contributed by atoms with Gasteiger partial charge in [-0.25, -0.2) is 4.39 Å². The van der Waals surface area contributed by atoms with Crippen molar-refractivity contribution in [2.45, 2.75) is 38.0 Å². The van der Waals surface area contributed by atoms with Crippen molar-refractivity contribution in [2.75, 3.05) is 0 Å². The topological polar surface area (TPSA) is 21.6 Å². The Morgan fingerprint density at radius 3 is 2.65 bits per heavy atom. The molecule has 1 aromatic rings. The summed E-state index contributed by atoms with van der Waals surface area (Å²) in [7, 11) is 0. The molecular weight excluding hydrogens is 274 g/mol. The molecule has 2 unspecified atom stereocenters. The van der Waals surface area contributed by atoms with Gasteiger partial charge < -0.3 is 4.84 Å². The summed E-state index contributed by atoms with van der Waals surface area (Å²) in [5.41, 5.74) is -0.440. The molecule has 0 N–H and O–H groups in total. The first-order chi connectivity index (χ1) is 9.47. The molecule has 3 rings (SSSR count). The van der Waals surface area contributed by atoms with Gasteiger partial charge in [0.2, 0.25) is 0 Å². The molecule has 6 heteroatoms. The highest BCUT2D eigenvalue weighted by atomic mass is 19.4.